The zero-order valence-corrected chi connectivity index (χ0v) is 14.8. The molecule has 28 heavy (non-hydrogen) atoms. The average Bonchev–Trinajstić information content (AvgIpc) is 3.34. The summed E-state index contributed by atoms with van der Waals surface area (Å²) in [4.78, 5) is 13.9. The van der Waals surface area contributed by atoms with Gasteiger partial charge in [-0.15, -0.1) is 24.5 Å². The van der Waals surface area contributed by atoms with E-state index in [1.165, 1.54) is 35.6 Å². The highest BCUT2D eigenvalue weighted by molar-refractivity contribution is 7.13. The Morgan fingerprint density at radius 3 is 2.46 bits per heavy atom. The van der Waals surface area contributed by atoms with Crippen LogP contribution in [0.1, 0.15) is 11.7 Å². The number of alkyl halides is 3. The molecule has 0 radical (unpaired) electrons. The van der Waals surface area contributed by atoms with Crippen LogP contribution in [-0.4, -0.2) is 16.3 Å². The number of aromatic nitrogens is 2. The quantitative estimate of drug-likeness (QED) is 0.667. The Bertz CT molecular complexity index is 958. The molecule has 0 bridgehead atoms. The molecule has 0 fully saturated rings. The summed E-state index contributed by atoms with van der Waals surface area (Å²) in [6.45, 7) is 0. The highest BCUT2D eigenvalue weighted by Gasteiger charge is 2.31. The van der Waals surface area contributed by atoms with Crippen molar-refractivity contribution in [1.29, 1.82) is 0 Å². The predicted molar refractivity (Wildman–Crippen MR) is 94.1 cm³/mol. The second kappa shape index (κ2) is 7.49. The van der Waals surface area contributed by atoms with Crippen molar-refractivity contribution >= 4 is 11.3 Å². The second-order valence-electron chi connectivity index (χ2n) is 5.61. The Balaban J connectivity index is 1.40. The van der Waals surface area contributed by atoms with Gasteiger partial charge < -0.3 is 9.47 Å². The maximum Gasteiger partial charge on any atom is 0.573 e. The lowest BCUT2D eigenvalue weighted by Crippen LogP contribution is -2.17. The van der Waals surface area contributed by atoms with Gasteiger partial charge in [0.05, 0.1) is 11.9 Å². The number of thiazole rings is 1. The number of hydrogen-bond acceptors (Lipinski definition) is 7. The number of benzene rings is 1. The molecular formula is C18H12F3N3O3S. The fraction of sp³-hybridized carbons (Fsp3) is 0.111. The Hall–Kier alpha value is -3.11. The van der Waals surface area contributed by atoms with Gasteiger partial charge in [0.2, 0.25) is 5.88 Å². The molecule has 4 rings (SSSR count). The minimum Gasteiger partial charge on any atom is -0.438 e. The van der Waals surface area contributed by atoms with Crippen LogP contribution in [0.3, 0.4) is 0 Å². The topological polar surface area (TPSA) is 65.5 Å². The first-order chi connectivity index (χ1) is 13.5. The minimum atomic E-state index is -4.73. The molecule has 6 nitrogen and oxygen atoms in total. The molecule has 10 heteroatoms. The monoisotopic (exact) mass is 407 g/mol. The van der Waals surface area contributed by atoms with E-state index in [1.807, 2.05) is 5.38 Å². The number of nitrogens with zero attached hydrogens (tertiary/aromatic N) is 2. The number of pyridine rings is 1. The van der Waals surface area contributed by atoms with Gasteiger partial charge in [0.25, 0.3) is 0 Å². The lowest BCUT2D eigenvalue weighted by molar-refractivity contribution is -0.274. The van der Waals surface area contributed by atoms with Crippen molar-refractivity contribution in [3.05, 3.63) is 71.7 Å². The summed E-state index contributed by atoms with van der Waals surface area (Å²) in [5.74, 6) is 0.552. The summed E-state index contributed by atoms with van der Waals surface area (Å²) < 4.78 is 46.2. The van der Waals surface area contributed by atoms with E-state index >= 15 is 0 Å². The molecule has 1 atom stereocenters. The number of nitrogens with one attached hydrogen (secondary N) is 1. The van der Waals surface area contributed by atoms with Crippen molar-refractivity contribution in [2.75, 3.05) is 0 Å². The van der Waals surface area contributed by atoms with Crippen LogP contribution in [-0.2, 0) is 4.84 Å². The smallest absolute Gasteiger partial charge is 0.438 e. The molecule has 3 heterocycles. The van der Waals surface area contributed by atoms with Gasteiger partial charge >= 0.3 is 6.36 Å². The Kier molecular flexibility index (Phi) is 4.88. The minimum absolute atomic E-state index is 0.297. The normalized spacial score (nSPS) is 16.4. The van der Waals surface area contributed by atoms with E-state index in [1.54, 1.807) is 30.6 Å². The van der Waals surface area contributed by atoms with E-state index in [0.717, 1.165) is 10.7 Å². The van der Waals surface area contributed by atoms with Crippen LogP contribution in [0.15, 0.2) is 66.1 Å². The molecule has 1 aliphatic rings. The van der Waals surface area contributed by atoms with Gasteiger partial charge in [0, 0.05) is 17.7 Å². The lowest BCUT2D eigenvalue weighted by Gasteiger charge is -2.11. The van der Waals surface area contributed by atoms with E-state index in [-0.39, 0.29) is 5.75 Å². The number of hydroxylamine groups is 1. The zero-order chi connectivity index (χ0) is 19.6. The molecule has 0 aliphatic carbocycles. The summed E-state index contributed by atoms with van der Waals surface area (Å²) in [5, 5.41) is 2.68. The van der Waals surface area contributed by atoms with Crippen molar-refractivity contribution in [1.82, 2.24) is 15.4 Å². The molecule has 1 aromatic carbocycles. The van der Waals surface area contributed by atoms with Crippen LogP contribution in [0, 0.1) is 0 Å². The Morgan fingerprint density at radius 1 is 1.04 bits per heavy atom. The molecule has 0 spiro atoms. The molecule has 1 N–H and O–H groups in total. The van der Waals surface area contributed by atoms with Crippen LogP contribution in [0.2, 0.25) is 0 Å². The summed E-state index contributed by atoms with van der Waals surface area (Å²) in [7, 11) is 0. The maximum atomic E-state index is 12.2. The summed E-state index contributed by atoms with van der Waals surface area (Å²) in [6, 6.07) is 8.96. The van der Waals surface area contributed by atoms with Crippen LogP contribution in [0.5, 0.6) is 11.5 Å². The van der Waals surface area contributed by atoms with Crippen molar-refractivity contribution in [2.24, 2.45) is 0 Å². The molecule has 0 saturated carbocycles. The van der Waals surface area contributed by atoms with E-state index < -0.39 is 12.5 Å². The largest absolute Gasteiger partial charge is 0.573 e. The van der Waals surface area contributed by atoms with E-state index in [9.17, 15) is 13.2 Å². The molecule has 0 amide bonds. The lowest BCUT2D eigenvalue weighted by atomic mass is 10.1. The Morgan fingerprint density at radius 2 is 1.82 bits per heavy atom. The summed E-state index contributed by atoms with van der Waals surface area (Å²) in [5.41, 5.74) is 4.02. The molecule has 1 aliphatic heterocycles. The SMILES string of the molecule is FC(F)(F)Oc1ccc([C@@H]2C=C(Oc3ccc(-c4nccs4)nc3)NO2)cc1. The van der Waals surface area contributed by atoms with Crippen LogP contribution < -0.4 is 15.0 Å². The average molecular weight is 407 g/mol. The number of ether oxygens (including phenoxy) is 2. The summed E-state index contributed by atoms with van der Waals surface area (Å²) in [6.07, 6.45) is -0.308. The molecule has 2 aromatic heterocycles. The Labute approximate surface area is 161 Å². The highest BCUT2D eigenvalue weighted by Crippen LogP contribution is 2.29. The van der Waals surface area contributed by atoms with Crippen molar-refractivity contribution < 1.29 is 27.5 Å². The molecule has 0 saturated heterocycles. The third-order valence-electron chi connectivity index (χ3n) is 3.65. The maximum absolute atomic E-state index is 12.2. The standard InChI is InChI=1S/C18H12F3N3O3S/c19-18(20,21)26-12-3-1-11(2-4-12)15-9-16(24-27-15)25-13-5-6-14(23-10-13)17-22-7-8-28-17/h1-10,15,24H/t15-/m0/s1. The van der Waals surface area contributed by atoms with E-state index in [0.29, 0.717) is 17.2 Å². The second-order valence-corrected chi connectivity index (χ2v) is 6.50. The fourth-order valence-electron chi connectivity index (χ4n) is 2.45. The third-order valence-corrected chi connectivity index (χ3v) is 4.44. The van der Waals surface area contributed by atoms with Crippen LogP contribution in [0.25, 0.3) is 10.7 Å². The number of rotatable bonds is 5. The molecule has 0 unspecified atom stereocenters. The first kappa shape index (κ1) is 18.3. The number of hydrogen-bond donors (Lipinski definition) is 1. The fourth-order valence-corrected chi connectivity index (χ4v) is 3.06. The third kappa shape index (κ3) is 4.41. The first-order valence-corrected chi connectivity index (χ1v) is 8.87. The van der Waals surface area contributed by atoms with Gasteiger partial charge in [0.15, 0.2) is 0 Å². The molecular weight excluding hydrogens is 395 g/mol. The van der Waals surface area contributed by atoms with Crippen molar-refractivity contribution in [3.8, 4) is 22.2 Å². The zero-order valence-electron chi connectivity index (χ0n) is 14.0. The van der Waals surface area contributed by atoms with Crippen molar-refractivity contribution in [3.63, 3.8) is 0 Å². The molecule has 3 aromatic rings. The highest BCUT2D eigenvalue weighted by atomic mass is 32.1. The predicted octanol–water partition coefficient (Wildman–Crippen LogP) is 4.60. The van der Waals surface area contributed by atoms with Crippen LogP contribution in [0.4, 0.5) is 13.2 Å². The molecule has 144 valence electrons. The summed E-state index contributed by atoms with van der Waals surface area (Å²) >= 11 is 1.49. The van der Waals surface area contributed by atoms with Crippen molar-refractivity contribution in [2.45, 2.75) is 12.5 Å². The van der Waals surface area contributed by atoms with Gasteiger partial charge in [-0.25, -0.2) is 15.4 Å². The first-order valence-electron chi connectivity index (χ1n) is 7.99. The van der Waals surface area contributed by atoms with E-state index in [2.05, 4.69) is 20.2 Å². The van der Waals surface area contributed by atoms with Gasteiger partial charge in [-0.1, -0.05) is 12.1 Å². The van der Waals surface area contributed by atoms with Gasteiger partial charge in [0.1, 0.15) is 22.6 Å². The van der Waals surface area contributed by atoms with Crippen LogP contribution >= 0.6 is 11.3 Å². The number of halogens is 3. The van der Waals surface area contributed by atoms with Gasteiger partial charge in [-0.3, -0.25) is 4.84 Å². The van der Waals surface area contributed by atoms with Gasteiger partial charge in [-0.2, -0.15) is 0 Å². The van der Waals surface area contributed by atoms with E-state index in [4.69, 9.17) is 9.57 Å². The van der Waals surface area contributed by atoms with Gasteiger partial charge in [-0.05, 0) is 29.8 Å².